The van der Waals surface area contributed by atoms with E-state index in [9.17, 15) is 9.59 Å². The number of carbonyl (C=O) groups excluding carboxylic acids is 2. The Morgan fingerprint density at radius 2 is 1.82 bits per heavy atom. The van der Waals surface area contributed by atoms with Crippen molar-refractivity contribution in [2.45, 2.75) is 46.1 Å². The van der Waals surface area contributed by atoms with Crippen LogP contribution in [0.25, 0.3) is 0 Å². The zero-order valence-corrected chi connectivity index (χ0v) is 13.7. The van der Waals surface area contributed by atoms with Crippen LogP contribution in [-0.2, 0) is 4.79 Å². The number of nitrogens with one attached hydrogen (secondary N) is 2. The van der Waals surface area contributed by atoms with Crippen LogP contribution in [0.1, 0.15) is 50.4 Å². The van der Waals surface area contributed by atoms with E-state index in [2.05, 4.69) is 17.6 Å². The molecular weight excluding hydrogens is 278 g/mol. The first-order chi connectivity index (χ1) is 10.5. The molecule has 0 aromatic heterocycles. The van der Waals surface area contributed by atoms with Gasteiger partial charge in [-0.15, -0.1) is 0 Å². The largest absolute Gasteiger partial charge is 0.348 e. The first-order valence-corrected chi connectivity index (χ1v) is 7.89. The molecule has 1 unspecified atom stereocenters. The molecule has 1 aromatic carbocycles. The summed E-state index contributed by atoms with van der Waals surface area (Å²) in [4.78, 5) is 23.8. The molecule has 0 saturated heterocycles. The van der Waals surface area contributed by atoms with Gasteiger partial charge >= 0.3 is 0 Å². The minimum Gasteiger partial charge on any atom is -0.348 e. The number of amides is 2. The molecule has 0 radical (unpaired) electrons. The van der Waals surface area contributed by atoms with Gasteiger partial charge in [-0.2, -0.15) is 0 Å². The van der Waals surface area contributed by atoms with Gasteiger partial charge in [0, 0.05) is 29.8 Å². The van der Waals surface area contributed by atoms with Crippen molar-refractivity contribution in [1.82, 2.24) is 5.32 Å². The fraction of sp³-hybridized carbons (Fsp3) is 0.529. The summed E-state index contributed by atoms with van der Waals surface area (Å²) >= 11 is 0. The van der Waals surface area contributed by atoms with E-state index in [1.807, 2.05) is 13.8 Å². The lowest BCUT2D eigenvalue weighted by Crippen LogP contribution is -2.40. The number of hydrogen-bond donors (Lipinski definition) is 3. The van der Waals surface area contributed by atoms with Gasteiger partial charge in [-0.05, 0) is 30.7 Å². The van der Waals surface area contributed by atoms with E-state index < -0.39 is 0 Å². The first-order valence-electron chi connectivity index (χ1n) is 7.89. The van der Waals surface area contributed by atoms with Crippen LogP contribution in [-0.4, -0.2) is 24.4 Å². The molecule has 1 aromatic rings. The van der Waals surface area contributed by atoms with E-state index in [4.69, 9.17) is 5.73 Å². The standard InChI is InChI=1S/C17H27N3O2/c1-4-5-6-15(11-18)20-17(22)13-7-9-14(10-8-13)19-16(21)12(2)3/h7-10,12,15H,4-6,11,18H2,1-3H3,(H,19,21)(H,20,22). The molecule has 1 rings (SSSR count). The molecule has 0 bridgehead atoms. The number of carbonyl (C=O) groups is 2. The highest BCUT2D eigenvalue weighted by atomic mass is 16.2. The highest BCUT2D eigenvalue weighted by molar-refractivity contribution is 5.96. The van der Waals surface area contributed by atoms with Gasteiger partial charge in [0.2, 0.25) is 5.91 Å². The van der Waals surface area contributed by atoms with Crippen molar-refractivity contribution in [2.24, 2.45) is 11.7 Å². The van der Waals surface area contributed by atoms with E-state index in [0.29, 0.717) is 17.8 Å². The van der Waals surface area contributed by atoms with E-state index >= 15 is 0 Å². The van der Waals surface area contributed by atoms with Crippen molar-refractivity contribution in [2.75, 3.05) is 11.9 Å². The normalized spacial score (nSPS) is 12.0. The number of hydrogen-bond acceptors (Lipinski definition) is 3. The second-order valence-electron chi connectivity index (χ2n) is 5.77. The van der Waals surface area contributed by atoms with Crippen LogP contribution < -0.4 is 16.4 Å². The zero-order chi connectivity index (χ0) is 16.5. The molecule has 0 aliphatic heterocycles. The first kappa shape index (κ1) is 18.2. The summed E-state index contributed by atoms with van der Waals surface area (Å²) in [6, 6.07) is 6.89. The highest BCUT2D eigenvalue weighted by Crippen LogP contribution is 2.11. The van der Waals surface area contributed by atoms with Crippen LogP contribution in [0.15, 0.2) is 24.3 Å². The monoisotopic (exact) mass is 305 g/mol. The zero-order valence-electron chi connectivity index (χ0n) is 13.7. The Labute approximate surface area is 132 Å². The summed E-state index contributed by atoms with van der Waals surface area (Å²) < 4.78 is 0. The molecule has 5 nitrogen and oxygen atoms in total. The van der Waals surface area contributed by atoms with E-state index in [1.54, 1.807) is 24.3 Å². The van der Waals surface area contributed by atoms with Gasteiger partial charge in [0.1, 0.15) is 0 Å². The smallest absolute Gasteiger partial charge is 0.251 e. The van der Waals surface area contributed by atoms with Gasteiger partial charge < -0.3 is 16.4 Å². The third-order valence-electron chi connectivity index (χ3n) is 3.46. The molecule has 22 heavy (non-hydrogen) atoms. The van der Waals surface area contributed by atoms with Crippen molar-refractivity contribution in [3.05, 3.63) is 29.8 Å². The molecule has 122 valence electrons. The van der Waals surface area contributed by atoms with Gasteiger partial charge in [0.25, 0.3) is 5.91 Å². The van der Waals surface area contributed by atoms with Gasteiger partial charge in [-0.1, -0.05) is 33.6 Å². The summed E-state index contributed by atoms with van der Waals surface area (Å²) in [6.07, 6.45) is 3.01. The Bertz CT molecular complexity index is 483. The lowest BCUT2D eigenvalue weighted by atomic mass is 10.1. The Morgan fingerprint density at radius 1 is 1.18 bits per heavy atom. The van der Waals surface area contributed by atoms with Crippen molar-refractivity contribution in [3.8, 4) is 0 Å². The molecule has 5 heteroatoms. The molecule has 0 aliphatic rings. The summed E-state index contributed by atoms with van der Waals surface area (Å²) in [6.45, 7) is 6.22. The van der Waals surface area contributed by atoms with Crippen LogP contribution in [0.2, 0.25) is 0 Å². The van der Waals surface area contributed by atoms with Gasteiger partial charge in [-0.25, -0.2) is 0 Å². The second kappa shape index (κ2) is 9.20. The summed E-state index contributed by atoms with van der Waals surface area (Å²) in [7, 11) is 0. The molecule has 1 atom stereocenters. The quantitative estimate of drug-likeness (QED) is 0.690. The fourth-order valence-electron chi connectivity index (χ4n) is 1.96. The third kappa shape index (κ3) is 5.85. The number of benzene rings is 1. The predicted octanol–water partition coefficient (Wildman–Crippen LogP) is 2.53. The third-order valence-corrected chi connectivity index (χ3v) is 3.46. The van der Waals surface area contributed by atoms with Gasteiger partial charge in [0.15, 0.2) is 0 Å². The molecule has 0 fully saturated rings. The van der Waals surface area contributed by atoms with Crippen molar-refractivity contribution >= 4 is 17.5 Å². The van der Waals surface area contributed by atoms with Crippen LogP contribution in [0, 0.1) is 5.92 Å². The van der Waals surface area contributed by atoms with Gasteiger partial charge in [-0.3, -0.25) is 9.59 Å². The van der Waals surface area contributed by atoms with E-state index in [1.165, 1.54) is 0 Å². The van der Waals surface area contributed by atoms with Gasteiger partial charge in [0.05, 0.1) is 0 Å². The topological polar surface area (TPSA) is 84.2 Å². The molecular formula is C17H27N3O2. The van der Waals surface area contributed by atoms with Crippen molar-refractivity contribution in [3.63, 3.8) is 0 Å². The van der Waals surface area contributed by atoms with Crippen LogP contribution in [0.5, 0.6) is 0 Å². The average Bonchev–Trinajstić information content (AvgIpc) is 2.51. The minimum absolute atomic E-state index is 0.00719. The molecule has 4 N–H and O–H groups in total. The average molecular weight is 305 g/mol. The van der Waals surface area contributed by atoms with Crippen molar-refractivity contribution in [1.29, 1.82) is 0 Å². The Hall–Kier alpha value is -1.88. The maximum Gasteiger partial charge on any atom is 0.251 e. The summed E-state index contributed by atoms with van der Waals surface area (Å²) in [5, 5.41) is 5.74. The molecule has 0 spiro atoms. The summed E-state index contributed by atoms with van der Waals surface area (Å²) in [5.74, 6) is -0.250. The van der Waals surface area contributed by atoms with Crippen LogP contribution in [0.3, 0.4) is 0 Å². The number of unbranched alkanes of at least 4 members (excludes halogenated alkanes) is 1. The number of nitrogens with two attached hydrogens (primary N) is 1. The van der Waals surface area contributed by atoms with E-state index in [0.717, 1.165) is 19.3 Å². The molecule has 0 aliphatic carbocycles. The second-order valence-corrected chi connectivity index (χ2v) is 5.77. The highest BCUT2D eigenvalue weighted by Gasteiger charge is 2.12. The van der Waals surface area contributed by atoms with Crippen LogP contribution in [0.4, 0.5) is 5.69 Å². The number of anilines is 1. The molecule has 0 heterocycles. The Balaban J connectivity index is 2.61. The maximum absolute atomic E-state index is 12.2. The number of rotatable bonds is 8. The Morgan fingerprint density at radius 3 is 2.32 bits per heavy atom. The minimum atomic E-state index is -0.131. The lowest BCUT2D eigenvalue weighted by molar-refractivity contribution is -0.118. The maximum atomic E-state index is 12.2. The van der Waals surface area contributed by atoms with Crippen molar-refractivity contribution < 1.29 is 9.59 Å². The van der Waals surface area contributed by atoms with E-state index in [-0.39, 0.29) is 23.8 Å². The molecule has 2 amide bonds. The Kier molecular flexibility index (Phi) is 7.60. The predicted molar refractivity (Wildman–Crippen MR) is 89.7 cm³/mol. The molecule has 0 saturated carbocycles. The van der Waals surface area contributed by atoms with Crippen LogP contribution >= 0.6 is 0 Å². The fourth-order valence-corrected chi connectivity index (χ4v) is 1.96. The summed E-state index contributed by atoms with van der Waals surface area (Å²) in [5.41, 5.74) is 6.94. The SMILES string of the molecule is CCCCC(CN)NC(=O)c1ccc(NC(=O)C(C)C)cc1. The lowest BCUT2D eigenvalue weighted by Gasteiger charge is -2.16.